The van der Waals surface area contributed by atoms with Gasteiger partial charge in [0.25, 0.3) is 5.91 Å². The van der Waals surface area contributed by atoms with Crippen molar-refractivity contribution in [3.05, 3.63) is 63.1 Å². The van der Waals surface area contributed by atoms with Gasteiger partial charge in [-0.3, -0.25) is 4.79 Å². The summed E-state index contributed by atoms with van der Waals surface area (Å²) in [4.78, 5) is 17.4. The zero-order valence-electron chi connectivity index (χ0n) is 12.0. The van der Waals surface area contributed by atoms with E-state index < -0.39 is 23.6 Å². The molecular weight excluding hydrogens is 406 g/mol. The number of anilines is 1. The summed E-state index contributed by atoms with van der Waals surface area (Å²) in [6.07, 6.45) is -0.733. The van der Waals surface area contributed by atoms with Gasteiger partial charge in [-0.2, -0.15) is 0 Å². The fraction of sp³-hybridized carbons (Fsp3) is 0.125. The smallest absolute Gasteiger partial charge is 0.268 e. The van der Waals surface area contributed by atoms with Crippen molar-refractivity contribution in [1.82, 2.24) is 0 Å². The monoisotopic (exact) mass is 414 g/mol. The molecule has 2 aromatic carbocycles. The molecule has 0 saturated heterocycles. The Labute approximate surface area is 149 Å². The molecule has 0 aliphatic carbocycles. The summed E-state index contributed by atoms with van der Waals surface area (Å²) in [7, 11) is 0. The van der Waals surface area contributed by atoms with Crippen LogP contribution >= 0.6 is 27.5 Å². The van der Waals surface area contributed by atoms with Crippen molar-refractivity contribution in [2.75, 3.05) is 5.32 Å². The van der Waals surface area contributed by atoms with E-state index in [0.29, 0.717) is 22.4 Å². The zero-order chi connectivity index (χ0) is 17.3. The normalized spacial score (nSPS) is 16.5. The molecule has 1 amide bonds. The van der Waals surface area contributed by atoms with E-state index in [0.717, 1.165) is 6.07 Å². The van der Waals surface area contributed by atoms with E-state index in [1.54, 1.807) is 24.3 Å². The largest absolute Gasteiger partial charge is 0.382 e. The molecule has 1 atom stereocenters. The van der Waals surface area contributed by atoms with Gasteiger partial charge in [-0.1, -0.05) is 35.0 Å². The Morgan fingerprint density at radius 1 is 1.33 bits per heavy atom. The number of benzene rings is 2. The summed E-state index contributed by atoms with van der Waals surface area (Å²) in [5.74, 6) is -2.23. The molecule has 2 aromatic rings. The predicted molar refractivity (Wildman–Crippen MR) is 90.2 cm³/mol. The van der Waals surface area contributed by atoms with Crippen LogP contribution in [0.1, 0.15) is 12.0 Å². The summed E-state index contributed by atoms with van der Waals surface area (Å²) in [5, 5.41) is 6.74. The number of halogens is 4. The lowest BCUT2D eigenvalue weighted by Crippen LogP contribution is -2.28. The van der Waals surface area contributed by atoms with Crippen LogP contribution in [0.25, 0.3) is 0 Å². The molecule has 3 rings (SSSR count). The molecule has 8 heteroatoms. The molecular formula is C16H10BrClF2N2O2. The lowest BCUT2D eigenvalue weighted by molar-refractivity contribution is -0.125. The van der Waals surface area contributed by atoms with E-state index in [1.165, 1.54) is 0 Å². The third kappa shape index (κ3) is 3.42. The van der Waals surface area contributed by atoms with Crippen molar-refractivity contribution in [3.8, 4) is 0 Å². The number of nitrogens with zero attached hydrogens (tertiary/aromatic N) is 1. The Morgan fingerprint density at radius 2 is 2.08 bits per heavy atom. The molecule has 0 bridgehead atoms. The van der Waals surface area contributed by atoms with Crippen LogP contribution in [0.2, 0.25) is 5.02 Å². The maximum Gasteiger partial charge on any atom is 0.268 e. The minimum Gasteiger partial charge on any atom is -0.382 e. The quantitative estimate of drug-likeness (QED) is 0.802. The highest BCUT2D eigenvalue weighted by atomic mass is 79.9. The Bertz CT molecular complexity index is 822. The van der Waals surface area contributed by atoms with Crippen LogP contribution in [0.4, 0.5) is 14.5 Å². The lowest BCUT2D eigenvalue weighted by atomic mass is 10.0. The minimum absolute atomic E-state index is 0.0959. The molecule has 0 aromatic heterocycles. The van der Waals surface area contributed by atoms with Crippen molar-refractivity contribution in [1.29, 1.82) is 0 Å². The summed E-state index contributed by atoms with van der Waals surface area (Å²) in [5.41, 5.74) is 1.04. The van der Waals surface area contributed by atoms with E-state index >= 15 is 0 Å². The molecule has 1 aliphatic heterocycles. The second-order valence-electron chi connectivity index (χ2n) is 5.05. The number of nitrogens with one attached hydrogen (secondary N) is 1. The molecule has 4 nitrogen and oxygen atoms in total. The van der Waals surface area contributed by atoms with Gasteiger partial charge in [0.2, 0.25) is 6.10 Å². The van der Waals surface area contributed by atoms with Crippen molar-refractivity contribution in [2.24, 2.45) is 5.16 Å². The topological polar surface area (TPSA) is 50.7 Å². The first kappa shape index (κ1) is 16.9. The average Bonchev–Trinajstić information content (AvgIpc) is 3.01. The molecule has 124 valence electrons. The second kappa shape index (κ2) is 6.86. The molecule has 1 N–H and O–H groups in total. The highest BCUT2D eigenvalue weighted by Crippen LogP contribution is 2.28. The van der Waals surface area contributed by atoms with E-state index in [4.69, 9.17) is 16.4 Å². The van der Waals surface area contributed by atoms with Crippen LogP contribution in [0.3, 0.4) is 0 Å². The van der Waals surface area contributed by atoms with Gasteiger partial charge in [0, 0.05) is 27.5 Å². The number of carbonyl (C=O) groups is 1. The molecule has 0 spiro atoms. The van der Waals surface area contributed by atoms with Crippen LogP contribution in [-0.2, 0) is 9.63 Å². The van der Waals surface area contributed by atoms with Gasteiger partial charge < -0.3 is 10.2 Å². The lowest BCUT2D eigenvalue weighted by Gasteiger charge is -2.12. The number of carbonyl (C=O) groups excluding carboxylic acids is 1. The van der Waals surface area contributed by atoms with Crippen LogP contribution in [0, 0.1) is 11.6 Å². The highest BCUT2D eigenvalue weighted by Gasteiger charge is 2.30. The SMILES string of the molecule is O=C(Nc1c(F)cc(F)cc1Br)[C@H]1CC(c2ccccc2Cl)=NO1. The molecule has 0 fully saturated rings. The second-order valence-corrected chi connectivity index (χ2v) is 6.31. The predicted octanol–water partition coefficient (Wildman–Crippen LogP) is 4.51. The maximum atomic E-state index is 13.8. The van der Waals surface area contributed by atoms with Crippen molar-refractivity contribution >= 4 is 44.8 Å². The van der Waals surface area contributed by atoms with Gasteiger partial charge in [-0.05, 0) is 28.1 Å². The van der Waals surface area contributed by atoms with Crippen LogP contribution in [0.5, 0.6) is 0 Å². The summed E-state index contributed by atoms with van der Waals surface area (Å²) in [6.45, 7) is 0. The average molecular weight is 416 g/mol. The molecule has 24 heavy (non-hydrogen) atoms. The van der Waals surface area contributed by atoms with Gasteiger partial charge >= 0.3 is 0 Å². The van der Waals surface area contributed by atoms with Gasteiger partial charge in [0.1, 0.15) is 5.82 Å². The number of hydrogen-bond acceptors (Lipinski definition) is 3. The van der Waals surface area contributed by atoms with Crippen LogP contribution in [-0.4, -0.2) is 17.7 Å². The minimum atomic E-state index is -0.923. The number of hydrogen-bond donors (Lipinski definition) is 1. The Hall–Kier alpha value is -1.99. The van der Waals surface area contributed by atoms with Gasteiger partial charge in [0.05, 0.1) is 11.4 Å². The fourth-order valence-electron chi connectivity index (χ4n) is 2.24. The van der Waals surface area contributed by atoms with Crippen molar-refractivity contribution in [3.63, 3.8) is 0 Å². The third-order valence-electron chi connectivity index (χ3n) is 3.40. The highest BCUT2D eigenvalue weighted by molar-refractivity contribution is 9.10. The van der Waals surface area contributed by atoms with E-state index in [9.17, 15) is 13.6 Å². The van der Waals surface area contributed by atoms with Gasteiger partial charge in [0.15, 0.2) is 5.82 Å². The van der Waals surface area contributed by atoms with Crippen molar-refractivity contribution in [2.45, 2.75) is 12.5 Å². The molecule has 0 unspecified atom stereocenters. The number of oxime groups is 1. The molecule has 0 radical (unpaired) electrons. The number of rotatable bonds is 3. The first-order chi connectivity index (χ1) is 11.5. The van der Waals surface area contributed by atoms with Gasteiger partial charge in [-0.15, -0.1) is 0 Å². The summed E-state index contributed by atoms with van der Waals surface area (Å²) >= 11 is 9.10. The van der Waals surface area contributed by atoms with Crippen molar-refractivity contribution < 1.29 is 18.4 Å². The molecule has 1 aliphatic rings. The summed E-state index contributed by atoms with van der Waals surface area (Å²) < 4.78 is 27.0. The standard InChI is InChI=1S/C16H10BrClF2N2O2/c17-10-5-8(19)6-12(20)15(10)21-16(23)14-7-13(22-24-14)9-3-1-2-4-11(9)18/h1-6,14H,7H2,(H,21,23)/t14-/m1/s1. The molecule has 0 saturated carbocycles. The van der Waals surface area contributed by atoms with E-state index in [1.807, 2.05) is 0 Å². The summed E-state index contributed by atoms with van der Waals surface area (Å²) in [6, 6.07) is 8.78. The fourth-order valence-corrected chi connectivity index (χ4v) is 2.99. The van der Waals surface area contributed by atoms with Crippen LogP contribution < -0.4 is 5.32 Å². The first-order valence-electron chi connectivity index (χ1n) is 6.88. The maximum absolute atomic E-state index is 13.8. The Morgan fingerprint density at radius 3 is 2.79 bits per heavy atom. The van der Waals surface area contributed by atoms with E-state index in [-0.39, 0.29) is 16.6 Å². The Kier molecular flexibility index (Phi) is 4.82. The molecule has 1 heterocycles. The van der Waals surface area contributed by atoms with Gasteiger partial charge in [-0.25, -0.2) is 8.78 Å². The zero-order valence-corrected chi connectivity index (χ0v) is 14.4. The number of amides is 1. The third-order valence-corrected chi connectivity index (χ3v) is 4.36. The Balaban J connectivity index is 1.72. The van der Waals surface area contributed by atoms with Crippen LogP contribution in [0.15, 0.2) is 46.0 Å². The van der Waals surface area contributed by atoms with E-state index in [2.05, 4.69) is 26.4 Å². The first-order valence-corrected chi connectivity index (χ1v) is 8.06.